The number of nitrogens with two attached hydrogens (primary N) is 1. The second-order valence-electron chi connectivity index (χ2n) is 2.99. The van der Waals surface area contributed by atoms with Crippen molar-refractivity contribution in [3.8, 4) is 0 Å². The third kappa shape index (κ3) is 4.40. The number of hydrogen-bond donors (Lipinski definition) is 1. The number of hydrogen-bond acceptors (Lipinski definition) is 3. The minimum atomic E-state index is 0.110. The third-order valence-corrected chi connectivity index (χ3v) is 2.81. The van der Waals surface area contributed by atoms with Crippen molar-refractivity contribution in [1.82, 2.24) is 0 Å². The second-order valence-corrected chi connectivity index (χ2v) is 4.59. The Hall–Kier alpha value is -0.930. The predicted octanol–water partition coefficient (Wildman–Crippen LogP) is 3.22. The molecule has 0 aliphatic rings. The molecular formula is C11H12ClNOS. The maximum Gasteiger partial charge on any atom is 0.186 e. The molecule has 1 aromatic carbocycles. The predicted molar refractivity (Wildman–Crippen MR) is 68.0 cm³/mol. The van der Waals surface area contributed by atoms with Crippen LogP contribution in [0.25, 0.3) is 6.08 Å². The van der Waals surface area contributed by atoms with Crippen molar-refractivity contribution in [3.05, 3.63) is 34.9 Å². The van der Waals surface area contributed by atoms with Crippen LogP contribution >= 0.6 is 23.4 Å². The number of halogens is 1. The quantitative estimate of drug-likeness (QED) is 0.827. The van der Waals surface area contributed by atoms with Crippen LogP contribution in [0, 0.1) is 0 Å². The third-order valence-electron chi connectivity index (χ3n) is 1.70. The Bertz CT molecular complexity index is 390. The van der Waals surface area contributed by atoms with E-state index < -0.39 is 0 Å². The Labute approximate surface area is 98.5 Å². The van der Waals surface area contributed by atoms with Gasteiger partial charge in [0.15, 0.2) is 5.12 Å². The van der Waals surface area contributed by atoms with Crippen LogP contribution < -0.4 is 5.73 Å². The molecule has 0 radical (unpaired) electrons. The molecule has 0 saturated heterocycles. The molecule has 1 rings (SSSR count). The zero-order valence-electron chi connectivity index (χ0n) is 8.37. The Kier molecular flexibility index (Phi) is 4.72. The summed E-state index contributed by atoms with van der Waals surface area (Å²) in [4.78, 5) is 10.7. The summed E-state index contributed by atoms with van der Waals surface area (Å²) in [6, 6.07) is 5.32. The number of anilines is 1. The minimum absolute atomic E-state index is 0.110. The molecule has 0 amide bonds. The fourth-order valence-corrected chi connectivity index (χ4v) is 1.64. The average molecular weight is 242 g/mol. The zero-order chi connectivity index (χ0) is 11.3. The van der Waals surface area contributed by atoms with Gasteiger partial charge in [-0.05, 0) is 23.8 Å². The molecule has 0 unspecified atom stereocenters. The monoisotopic (exact) mass is 241 g/mol. The Balaban J connectivity index is 2.63. The van der Waals surface area contributed by atoms with E-state index in [4.69, 9.17) is 17.3 Å². The molecule has 0 aliphatic carbocycles. The molecule has 15 heavy (non-hydrogen) atoms. The first-order chi connectivity index (χ1) is 7.09. The van der Waals surface area contributed by atoms with Crippen molar-refractivity contribution in [3.63, 3.8) is 0 Å². The maximum atomic E-state index is 10.7. The highest BCUT2D eigenvalue weighted by Crippen LogP contribution is 2.20. The van der Waals surface area contributed by atoms with Gasteiger partial charge in [-0.15, -0.1) is 0 Å². The molecule has 2 nitrogen and oxygen atoms in total. The van der Waals surface area contributed by atoms with Gasteiger partial charge in [0.05, 0.1) is 0 Å². The van der Waals surface area contributed by atoms with E-state index in [1.165, 1.54) is 11.8 Å². The SMILES string of the molecule is CC(=O)SCC=Cc1cc(N)ccc1Cl. The highest BCUT2D eigenvalue weighted by molar-refractivity contribution is 8.13. The topological polar surface area (TPSA) is 43.1 Å². The Morgan fingerprint density at radius 3 is 3.00 bits per heavy atom. The molecule has 0 aliphatic heterocycles. The van der Waals surface area contributed by atoms with Crippen molar-refractivity contribution in [1.29, 1.82) is 0 Å². The summed E-state index contributed by atoms with van der Waals surface area (Å²) >= 11 is 7.22. The van der Waals surface area contributed by atoms with Crippen LogP contribution in [-0.4, -0.2) is 10.9 Å². The molecule has 0 fully saturated rings. The average Bonchev–Trinajstić information content (AvgIpc) is 2.17. The minimum Gasteiger partial charge on any atom is -0.399 e. The zero-order valence-corrected chi connectivity index (χ0v) is 9.94. The van der Waals surface area contributed by atoms with Crippen molar-refractivity contribution in [2.45, 2.75) is 6.92 Å². The van der Waals surface area contributed by atoms with E-state index in [1.54, 1.807) is 25.1 Å². The summed E-state index contributed by atoms with van der Waals surface area (Å²) < 4.78 is 0. The van der Waals surface area contributed by atoms with E-state index >= 15 is 0 Å². The van der Waals surface area contributed by atoms with Crippen molar-refractivity contribution in [2.75, 3.05) is 11.5 Å². The molecule has 0 spiro atoms. The van der Waals surface area contributed by atoms with E-state index in [9.17, 15) is 4.79 Å². The fourth-order valence-electron chi connectivity index (χ4n) is 1.03. The molecule has 0 bridgehead atoms. The summed E-state index contributed by atoms with van der Waals surface area (Å²) in [6.45, 7) is 1.55. The van der Waals surface area contributed by atoms with Gasteiger partial charge in [0.25, 0.3) is 0 Å². The molecule has 0 saturated carbocycles. The summed E-state index contributed by atoms with van der Waals surface area (Å²) in [5, 5.41) is 0.770. The normalized spacial score (nSPS) is 10.8. The smallest absolute Gasteiger partial charge is 0.186 e. The van der Waals surface area contributed by atoms with Crippen molar-refractivity contribution >= 4 is 40.2 Å². The van der Waals surface area contributed by atoms with E-state index in [-0.39, 0.29) is 5.12 Å². The van der Waals surface area contributed by atoms with Crippen LogP contribution in [0.4, 0.5) is 5.69 Å². The highest BCUT2D eigenvalue weighted by atomic mass is 35.5. The van der Waals surface area contributed by atoms with Gasteiger partial charge < -0.3 is 5.73 Å². The number of carbonyl (C=O) groups is 1. The van der Waals surface area contributed by atoms with Gasteiger partial charge in [-0.2, -0.15) is 0 Å². The lowest BCUT2D eigenvalue weighted by Gasteiger charge is -1.99. The Morgan fingerprint density at radius 2 is 2.33 bits per heavy atom. The fraction of sp³-hybridized carbons (Fsp3) is 0.182. The molecule has 2 N–H and O–H groups in total. The molecule has 0 atom stereocenters. The molecule has 1 aromatic rings. The number of nitrogen functional groups attached to an aromatic ring is 1. The number of carbonyl (C=O) groups excluding carboxylic acids is 1. The highest BCUT2D eigenvalue weighted by Gasteiger charge is 1.96. The van der Waals surface area contributed by atoms with Crippen LogP contribution in [0.2, 0.25) is 5.02 Å². The van der Waals surface area contributed by atoms with E-state index in [0.717, 1.165) is 5.56 Å². The molecule has 80 valence electrons. The van der Waals surface area contributed by atoms with E-state index in [2.05, 4.69) is 0 Å². The largest absolute Gasteiger partial charge is 0.399 e. The van der Waals surface area contributed by atoms with Crippen LogP contribution in [0.15, 0.2) is 24.3 Å². The van der Waals surface area contributed by atoms with Gasteiger partial charge >= 0.3 is 0 Å². The van der Waals surface area contributed by atoms with Crippen LogP contribution in [0.3, 0.4) is 0 Å². The van der Waals surface area contributed by atoms with Crippen molar-refractivity contribution in [2.24, 2.45) is 0 Å². The second kappa shape index (κ2) is 5.83. The Morgan fingerprint density at radius 1 is 1.60 bits per heavy atom. The summed E-state index contributed by atoms with van der Waals surface area (Å²) in [7, 11) is 0. The van der Waals surface area contributed by atoms with E-state index in [0.29, 0.717) is 16.5 Å². The number of benzene rings is 1. The van der Waals surface area contributed by atoms with Gasteiger partial charge in [-0.25, -0.2) is 0 Å². The van der Waals surface area contributed by atoms with Crippen LogP contribution in [0.5, 0.6) is 0 Å². The van der Waals surface area contributed by atoms with Crippen LogP contribution in [0.1, 0.15) is 12.5 Å². The van der Waals surface area contributed by atoms with Gasteiger partial charge in [0.2, 0.25) is 0 Å². The van der Waals surface area contributed by atoms with E-state index in [1.807, 2.05) is 12.2 Å². The summed E-state index contributed by atoms with van der Waals surface area (Å²) in [5.74, 6) is 0.653. The van der Waals surface area contributed by atoms with Gasteiger partial charge in [0, 0.05) is 23.4 Å². The van der Waals surface area contributed by atoms with Gasteiger partial charge in [0.1, 0.15) is 0 Å². The summed E-state index contributed by atoms with van der Waals surface area (Å²) in [6.07, 6.45) is 3.77. The molecule has 0 aromatic heterocycles. The van der Waals surface area contributed by atoms with Gasteiger partial charge in [-0.3, -0.25) is 4.79 Å². The lowest BCUT2D eigenvalue weighted by atomic mass is 10.2. The molecular weight excluding hydrogens is 230 g/mol. The summed E-state index contributed by atoms with van der Waals surface area (Å²) in [5.41, 5.74) is 7.18. The molecule has 0 heterocycles. The lowest BCUT2D eigenvalue weighted by Crippen LogP contribution is -1.86. The first-order valence-corrected chi connectivity index (χ1v) is 5.81. The van der Waals surface area contributed by atoms with Gasteiger partial charge in [-0.1, -0.05) is 35.5 Å². The standard InChI is InChI=1S/C11H12ClNOS/c1-8(14)15-6-2-3-9-7-10(13)4-5-11(9)12/h2-5,7H,6,13H2,1H3. The first-order valence-electron chi connectivity index (χ1n) is 4.44. The molecule has 4 heteroatoms. The van der Waals surface area contributed by atoms with Crippen LogP contribution in [-0.2, 0) is 4.79 Å². The van der Waals surface area contributed by atoms with Crippen molar-refractivity contribution < 1.29 is 4.79 Å². The number of rotatable bonds is 3. The lowest BCUT2D eigenvalue weighted by molar-refractivity contribution is -0.109. The number of thioether (sulfide) groups is 1. The maximum absolute atomic E-state index is 10.7. The first kappa shape index (κ1) is 12.1.